The topological polar surface area (TPSA) is 54.0 Å². The Morgan fingerprint density at radius 2 is 1.90 bits per heavy atom. The molecule has 0 saturated carbocycles. The van der Waals surface area contributed by atoms with Gasteiger partial charge in [0.05, 0.1) is 0 Å². The molecule has 2 aromatic carbocycles. The number of rotatable bonds is 2. The van der Waals surface area contributed by atoms with Crippen molar-refractivity contribution in [2.24, 2.45) is 0 Å². The normalized spacial score (nSPS) is 10.5. The van der Waals surface area contributed by atoms with Crippen LogP contribution < -0.4 is 5.63 Å². The van der Waals surface area contributed by atoms with Crippen LogP contribution in [0.25, 0.3) is 22.1 Å². The predicted molar refractivity (Wildman–Crippen MR) is 84.4 cm³/mol. The van der Waals surface area contributed by atoms with Crippen LogP contribution in [0, 0.1) is 11.3 Å². The molecule has 0 unspecified atom stereocenters. The summed E-state index contributed by atoms with van der Waals surface area (Å²) in [6.07, 6.45) is 1.84. The first-order valence-electron chi connectivity index (χ1n) is 6.35. The van der Waals surface area contributed by atoms with Crippen LogP contribution >= 0.6 is 11.8 Å². The minimum atomic E-state index is -0.590. The first-order valence-corrected chi connectivity index (χ1v) is 7.57. The molecule has 3 aromatic rings. The highest BCUT2D eigenvalue weighted by Crippen LogP contribution is 2.30. The summed E-state index contributed by atoms with van der Waals surface area (Å²) in [5.41, 5.74) is 0.323. The van der Waals surface area contributed by atoms with Crippen LogP contribution in [0.2, 0.25) is 0 Å². The SMILES string of the molecule is CSc1cc(-c2cccc3ccccc23)oc(=O)c1C#N. The van der Waals surface area contributed by atoms with Crippen LogP contribution in [-0.4, -0.2) is 6.26 Å². The lowest BCUT2D eigenvalue weighted by atomic mass is 10.0. The molecule has 0 bridgehead atoms. The van der Waals surface area contributed by atoms with E-state index in [0.717, 1.165) is 16.3 Å². The van der Waals surface area contributed by atoms with Crippen molar-refractivity contribution >= 4 is 22.5 Å². The highest BCUT2D eigenvalue weighted by molar-refractivity contribution is 7.98. The maximum Gasteiger partial charge on any atom is 0.355 e. The number of hydrogen-bond donors (Lipinski definition) is 0. The first-order chi connectivity index (χ1) is 10.2. The molecule has 0 spiro atoms. The van der Waals surface area contributed by atoms with Gasteiger partial charge >= 0.3 is 5.63 Å². The molecule has 0 aliphatic rings. The number of nitrogens with zero attached hydrogens (tertiary/aromatic N) is 1. The number of fused-ring (bicyclic) bond motifs is 1. The van der Waals surface area contributed by atoms with Gasteiger partial charge < -0.3 is 4.42 Å². The largest absolute Gasteiger partial charge is 0.422 e. The van der Waals surface area contributed by atoms with Crippen molar-refractivity contribution in [3.8, 4) is 17.4 Å². The molecule has 4 heteroatoms. The molecule has 0 aliphatic heterocycles. The third-order valence-electron chi connectivity index (χ3n) is 3.30. The molecular weight excluding hydrogens is 282 g/mol. The van der Waals surface area contributed by atoms with Crippen molar-refractivity contribution in [1.29, 1.82) is 5.26 Å². The van der Waals surface area contributed by atoms with Crippen LogP contribution in [0.3, 0.4) is 0 Å². The van der Waals surface area contributed by atoms with E-state index >= 15 is 0 Å². The van der Waals surface area contributed by atoms with E-state index in [1.54, 1.807) is 6.07 Å². The van der Waals surface area contributed by atoms with Gasteiger partial charge in [-0.1, -0.05) is 42.5 Å². The number of hydrogen-bond acceptors (Lipinski definition) is 4. The highest BCUT2D eigenvalue weighted by Gasteiger charge is 2.13. The monoisotopic (exact) mass is 293 g/mol. The molecular formula is C17H11NO2S. The van der Waals surface area contributed by atoms with Crippen molar-refractivity contribution in [1.82, 2.24) is 0 Å². The molecule has 0 radical (unpaired) electrons. The third-order valence-corrected chi connectivity index (χ3v) is 4.06. The lowest BCUT2D eigenvalue weighted by Crippen LogP contribution is -2.06. The maximum atomic E-state index is 12.0. The summed E-state index contributed by atoms with van der Waals surface area (Å²) in [5, 5.41) is 11.1. The van der Waals surface area contributed by atoms with Crippen LogP contribution in [0.15, 0.2) is 62.6 Å². The smallest absolute Gasteiger partial charge is 0.355 e. The van der Waals surface area contributed by atoms with Gasteiger partial charge in [-0.25, -0.2) is 4.79 Å². The van der Waals surface area contributed by atoms with E-state index in [-0.39, 0.29) is 5.56 Å². The fourth-order valence-electron chi connectivity index (χ4n) is 2.31. The van der Waals surface area contributed by atoms with Crippen molar-refractivity contribution in [2.45, 2.75) is 4.90 Å². The van der Waals surface area contributed by atoms with Crippen LogP contribution in [-0.2, 0) is 0 Å². The molecule has 3 nitrogen and oxygen atoms in total. The molecule has 21 heavy (non-hydrogen) atoms. The Morgan fingerprint density at radius 1 is 1.14 bits per heavy atom. The Hall–Kier alpha value is -2.51. The van der Waals surface area contributed by atoms with E-state index in [0.29, 0.717) is 10.7 Å². The van der Waals surface area contributed by atoms with E-state index in [1.165, 1.54) is 11.8 Å². The van der Waals surface area contributed by atoms with Crippen LogP contribution in [0.5, 0.6) is 0 Å². The number of benzene rings is 2. The summed E-state index contributed by atoms with van der Waals surface area (Å²) in [6, 6.07) is 17.4. The molecule has 1 heterocycles. The second-order valence-corrected chi connectivity index (χ2v) is 5.33. The van der Waals surface area contributed by atoms with Crippen LogP contribution in [0.1, 0.15) is 5.56 Å². The lowest BCUT2D eigenvalue weighted by Gasteiger charge is -2.07. The van der Waals surface area contributed by atoms with Crippen molar-refractivity contribution in [2.75, 3.05) is 6.26 Å². The molecule has 0 aliphatic carbocycles. The molecule has 1 aromatic heterocycles. The average Bonchev–Trinajstić information content (AvgIpc) is 2.53. The van der Waals surface area contributed by atoms with Crippen molar-refractivity contribution in [3.05, 3.63) is 64.5 Å². The quantitative estimate of drug-likeness (QED) is 0.669. The minimum Gasteiger partial charge on any atom is -0.422 e. The minimum absolute atomic E-state index is 0.0616. The van der Waals surface area contributed by atoms with Gasteiger partial charge in [0, 0.05) is 10.5 Å². The molecule has 102 valence electrons. The molecule has 0 atom stereocenters. The van der Waals surface area contributed by atoms with Gasteiger partial charge in [0.25, 0.3) is 0 Å². The number of nitriles is 1. The Kier molecular flexibility index (Phi) is 3.51. The van der Waals surface area contributed by atoms with E-state index in [9.17, 15) is 4.79 Å². The van der Waals surface area contributed by atoms with Gasteiger partial charge in [0.15, 0.2) is 5.56 Å². The molecule has 0 N–H and O–H groups in total. The summed E-state index contributed by atoms with van der Waals surface area (Å²) in [7, 11) is 0. The van der Waals surface area contributed by atoms with Crippen molar-refractivity contribution < 1.29 is 4.42 Å². The van der Waals surface area contributed by atoms with E-state index < -0.39 is 5.63 Å². The van der Waals surface area contributed by atoms with Gasteiger partial charge in [-0.05, 0) is 23.1 Å². The van der Waals surface area contributed by atoms with Gasteiger partial charge in [-0.15, -0.1) is 11.8 Å². The summed E-state index contributed by atoms with van der Waals surface area (Å²) < 4.78 is 5.34. The fraction of sp³-hybridized carbons (Fsp3) is 0.0588. The number of thioether (sulfide) groups is 1. The molecule has 0 saturated heterocycles. The van der Waals surface area contributed by atoms with Crippen LogP contribution in [0.4, 0.5) is 0 Å². The molecule has 0 amide bonds. The summed E-state index contributed by atoms with van der Waals surface area (Å²) >= 11 is 1.37. The summed E-state index contributed by atoms with van der Waals surface area (Å²) in [5.74, 6) is 0.486. The van der Waals surface area contributed by atoms with Crippen molar-refractivity contribution in [3.63, 3.8) is 0 Å². The van der Waals surface area contributed by atoms with Gasteiger partial charge in [-0.3, -0.25) is 0 Å². The zero-order chi connectivity index (χ0) is 14.8. The second-order valence-electron chi connectivity index (χ2n) is 4.48. The second kappa shape index (κ2) is 5.47. The zero-order valence-electron chi connectivity index (χ0n) is 11.3. The first kappa shape index (κ1) is 13.5. The third kappa shape index (κ3) is 2.32. The summed E-state index contributed by atoms with van der Waals surface area (Å²) in [6.45, 7) is 0. The van der Waals surface area contributed by atoms with Gasteiger partial charge in [0.1, 0.15) is 11.8 Å². The fourth-order valence-corrected chi connectivity index (χ4v) is 2.86. The maximum absolute atomic E-state index is 12.0. The lowest BCUT2D eigenvalue weighted by molar-refractivity contribution is 0.519. The standard InChI is InChI=1S/C17H11NO2S/c1-21-16-9-15(20-17(19)14(16)10-18)13-8-4-6-11-5-2-3-7-12(11)13/h2-9H,1H3. The Morgan fingerprint density at radius 3 is 2.67 bits per heavy atom. The predicted octanol–water partition coefficient (Wildman–Crippen LogP) is 4.05. The summed E-state index contributed by atoms with van der Waals surface area (Å²) in [4.78, 5) is 12.6. The van der Waals surface area contributed by atoms with E-state index in [2.05, 4.69) is 0 Å². The molecule has 0 fully saturated rings. The average molecular weight is 293 g/mol. The van der Waals surface area contributed by atoms with E-state index in [1.807, 2.05) is 54.8 Å². The van der Waals surface area contributed by atoms with Gasteiger partial charge in [-0.2, -0.15) is 5.26 Å². The Labute approximate surface area is 125 Å². The van der Waals surface area contributed by atoms with Gasteiger partial charge in [0.2, 0.25) is 0 Å². The van der Waals surface area contributed by atoms with E-state index in [4.69, 9.17) is 9.68 Å². The molecule has 3 rings (SSSR count). The Bertz CT molecular complexity index is 917. The highest BCUT2D eigenvalue weighted by atomic mass is 32.2. The Balaban J connectivity index is 2.32. The zero-order valence-corrected chi connectivity index (χ0v) is 12.1.